The van der Waals surface area contributed by atoms with Crippen LogP contribution in [0.1, 0.15) is 6.92 Å². The summed E-state index contributed by atoms with van der Waals surface area (Å²) in [4.78, 5) is 27.1. The van der Waals surface area contributed by atoms with E-state index in [1.54, 1.807) is 19.1 Å². The molecule has 0 unspecified atom stereocenters. The largest absolute Gasteiger partial charge is 0.506 e. The molecule has 0 aromatic heterocycles. The minimum atomic E-state index is -0.746. The summed E-state index contributed by atoms with van der Waals surface area (Å²) >= 11 is 0. The van der Waals surface area contributed by atoms with Crippen molar-refractivity contribution < 1.29 is 19.4 Å². The topological polar surface area (TPSA) is 82.1 Å². The van der Waals surface area contributed by atoms with E-state index in [0.717, 1.165) is 5.69 Å². The van der Waals surface area contributed by atoms with Gasteiger partial charge >= 0.3 is 6.09 Å². The first-order valence-electron chi connectivity index (χ1n) is 7.18. The number of rotatable bonds is 3. The van der Waals surface area contributed by atoms with Crippen molar-refractivity contribution in [3.05, 3.63) is 24.3 Å². The van der Waals surface area contributed by atoms with Crippen LogP contribution in [0, 0.1) is 0 Å². The van der Waals surface area contributed by atoms with Crippen molar-refractivity contribution in [3.63, 3.8) is 0 Å². The van der Waals surface area contributed by atoms with Crippen LogP contribution in [0.4, 0.5) is 10.5 Å². The Morgan fingerprint density at radius 2 is 1.86 bits per heavy atom. The fourth-order valence-corrected chi connectivity index (χ4v) is 2.50. The number of amides is 2. The minimum absolute atomic E-state index is 0.257. The first-order chi connectivity index (χ1) is 10.5. The second-order valence-corrected chi connectivity index (χ2v) is 5.17. The Labute approximate surface area is 129 Å². The summed E-state index contributed by atoms with van der Waals surface area (Å²) in [5, 5.41) is 12.1. The number of phenols is 1. The van der Waals surface area contributed by atoms with E-state index in [-0.39, 0.29) is 11.7 Å². The van der Waals surface area contributed by atoms with Crippen LogP contribution in [-0.2, 0) is 9.53 Å². The quantitative estimate of drug-likeness (QED) is 0.859. The van der Waals surface area contributed by atoms with Crippen molar-refractivity contribution in [2.45, 2.75) is 13.0 Å². The van der Waals surface area contributed by atoms with Crippen molar-refractivity contribution in [2.75, 3.05) is 38.2 Å². The smallest absolute Gasteiger partial charge is 0.413 e. The fourth-order valence-electron chi connectivity index (χ4n) is 2.50. The van der Waals surface area contributed by atoms with E-state index in [4.69, 9.17) is 0 Å². The molecule has 2 N–H and O–H groups in total. The molecule has 0 radical (unpaired) electrons. The molecular weight excluding hydrogens is 286 g/mol. The van der Waals surface area contributed by atoms with Crippen molar-refractivity contribution in [2.24, 2.45) is 0 Å². The van der Waals surface area contributed by atoms with Crippen molar-refractivity contribution in [1.82, 2.24) is 10.2 Å². The van der Waals surface area contributed by atoms with Crippen LogP contribution in [0.15, 0.2) is 24.3 Å². The van der Waals surface area contributed by atoms with Gasteiger partial charge < -0.3 is 14.7 Å². The molecule has 1 fully saturated rings. The zero-order chi connectivity index (χ0) is 16.1. The molecule has 7 nitrogen and oxygen atoms in total. The molecular formula is C15H21N3O4. The zero-order valence-electron chi connectivity index (χ0n) is 12.8. The summed E-state index contributed by atoms with van der Waals surface area (Å²) in [5.41, 5.74) is 0.800. The third-order valence-corrected chi connectivity index (χ3v) is 3.87. The number of phenolic OH excluding ortho intramolecular Hbond substituents is 1. The van der Waals surface area contributed by atoms with Gasteiger partial charge in [-0.1, -0.05) is 12.1 Å². The number of carbonyl (C=O) groups excluding carboxylic acids is 2. The molecule has 1 aromatic carbocycles. The van der Waals surface area contributed by atoms with Crippen LogP contribution in [0.3, 0.4) is 0 Å². The van der Waals surface area contributed by atoms with Crippen molar-refractivity contribution >= 4 is 17.7 Å². The lowest BCUT2D eigenvalue weighted by molar-refractivity contribution is -0.125. The number of methoxy groups -OCH3 is 1. The average molecular weight is 307 g/mol. The Kier molecular flexibility index (Phi) is 5.21. The predicted molar refractivity (Wildman–Crippen MR) is 81.9 cm³/mol. The molecule has 1 aromatic rings. The Hall–Kier alpha value is -2.28. The molecule has 0 saturated carbocycles. The Morgan fingerprint density at radius 1 is 1.23 bits per heavy atom. The number of anilines is 1. The summed E-state index contributed by atoms with van der Waals surface area (Å²) in [5.74, 6) is -0.115. The second kappa shape index (κ2) is 7.13. The van der Waals surface area contributed by atoms with Gasteiger partial charge in [-0.25, -0.2) is 4.79 Å². The van der Waals surface area contributed by atoms with Gasteiger partial charge in [0.1, 0.15) is 5.75 Å². The highest BCUT2D eigenvalue weighted by molar-refractivity contribution is 5.94. The highest BCUT2D eigenvalue weighted by Crippen LogP contribution is 2.27. The first-order valence-corrected chi connectivity index (χ1v) is 7.18. The lowest BCUT2D eigenvalue weighted by atomic mass is 10.2. The first kappa shape index (κ1) is 16.1. The lowest BCUT2D eigenvalue weighted by Crippen LogP contribution is -2.54. The Bertz CT molecular complexity index is 541. The number of benzene rings is 1. The number of hydrogen-bond acceptors (Lipinski definition) is 6. The summed E-state index contributed by atoms with van der Waals surface area (Å²) in [6.07, 6.45) is -0.746. The van der Waals surface area contributed by atoms with Gasteiger partial charge in [0.15, 0.2) is 0 Å². The highest BCUT2D eigenvalue weighted by atomic mass is 16.5. The summed E-state index contributed by atoms with van der Waals surface area (Å²) in [6.45, 7) is 4.50. The van der Waals surface area contributed by atoms with E-state index < -0.39 is 12.1 Å². The number of piperazine rings is 1. The zero-order valence-corrected chi connectivity index (χ0v) is 12.8. The average Bonchev–Trinajstić information content (AvgIpc) is 2.54. The fraction of sp³-hybridized carbons (Fsp3) is 0.467. The van der Waals surface area contributed by atoms with Gasteiger partial charge in [-0.05, 0) is 19.1 Å². The molecule has 1 aliphatic heterocycles. The van der Waals surface area contributed by atoms with Gasteiger partial charge in [0.25, 0.3) is 0 Å². The molecule has 0 bridgehead atoms. The number of carbonyl (C=O) groups is 2. The van der Waals surface area contributed by atoms with Crippen LogP contribution >= 0.6 is 0 Å². The summed E-state index contributed by atoms with van der Waals surface area (Å²) in [6, 6.07) is 6.79. The van der Waals surface area contributed by atoms with Crippen LogP contribution < -0.4 is 10.2 Å². The molecule has 7 heteroatoms. The van der Waals surface area contributed by atoms with E-state index in [0.29, 0.717) is 26.2 Å². The molecule has 1 saturated heterocycles. The monoisotopic (exact) mass is 307 g/mol. The van der Waals surface area contributed by atoms with Gasteiger partial charge in [0.05, 0.1) is 18.8 Å². The normalized spacial score (nSPS) is 16.9. The highest BCUT2D eigenvalue weighted by Gasteiger charge is 2.27. The number of nitrogens with zero attached hydrogens (tertiary/aromatic N) is 2. The Morgan fingerprint density at radius 3 is 2.45 bits per heavy atom. The number of alkyl carbamates (subject to hydrolysis) is 1. The molecule has 120 valence electrons. The standard InChI is InChI=1S/C15H21N3O4/c1-11(14(20)16-15(21)22-2)17-7-9-18(10-8-17)12-5-3-4-6-13(12)19/h3-6,11,19H,7-10H2,1-2H3,(H,16,20,21)/t11-/m0/s1. The lowest BCUT2D eigenvalue weighted by Gasteiger charge is -2.38. The number of aromatic hydroxyl groups is 1. The molecule has 22 heavy (non-hydrogen) atoms. The third kappa shape index (κ3) is 3.67. The Balaban J connectivity index is 1.90. The van der Waals surface area contributed by atoms with E-state index in [2.05, 4.69) is 15.0 Å². The molecule has 1 heterocycles. The molecule has 0 spiro atoms. The van der Waals surface area contributed by atoms with Crippen molar-refractivity contribution in [1.29, 1.82) is 0 Å². The number of hydrogen-bond donors (Lipinski definition) is 2. The number of ether oxygens (including phenoxy) is 1. The second-order valence-electron chi connectivity index (χ2n) is 5.17. The van der Waals surface area contributed by atoms with Gasteiger partial charge in [-0.3, -0.25) is 15.0 Å². The van der Waals surface area contributed by atoms with E-state index >= 15 is 0 Å². The molecule has 0 aliphatic carbocycles. The number of imide groups is 1. The molecule has 2 amide bonds. The van der Waals surface area contributed by atoms with Crippen LogP contribution in [0.5, 0.6) is 5.75 Å². The molecule has 2 rings (SSSR count). The number of nitrogens with one attached hydrogen (secondary N) is 1. The maximum atomic E-state index is 11.9. The van der Waals surface area contributed by atoms with E-state index in [1.165, 1.54) is 7.11 Å². The predicted octanol–water partition coefficient (Wildman–Crippen LogP) is 0.785. The third-order valence-electron chi connectivity index (χ3n) is 3.87. The van der Waals surface area contributed by atoms with Gasteiger partial charge in [-0.15, -0.1) is 0 Å². The SMILES string of the molecule is COC(=O)NC(=O)[C@H](C)N1CCN(c2ccccc2O)CC1. The van der Waals surface area contributed by atoms with Crippen LogP contribution in [-0.4, -0.2) is 61.3 Å². The summed E-state index contributed by atoms with van der Waals surface area (Å²) in [7, 11) is 1.22. The molecule has 1 aliphatic rings. The summed E-state index contributed by atoms with van der Waals surface area (Å²) < 4.78 is 4.42. The minimum Gasteiger partial charge on any atom is -0.506 e. The van der Waals surface area contributed by atoms with E-state index in [1.807, 2.05) is 17.0 Å². The molecule has 1 atom stereocenters. The maximum absolute atomic E-state index is 11.9. The number of para-hydroxylation sites is 2. The van der Waals surface area contributed by atoms with Crippen molar-refractivity contribution in [3.8, 4) is 5.75 Å². The van der Waals surface area contributed by atoms with Gasteiger partial charge in [0.2, 0.25) is 5.91 Å². The van der Waals surface area contributed by atoms with Crippen LogP contribution in [0.25, 0.3) is 0 Å². The van der Waals surface area contributed by atoms with E-state index in [9.17, 15) is 14.7 Å². The van der Waals surface area contributed by atoms with Gasteiger partial charge in [0, 0.05) is 26.2 Å². The van der Waals surface area contributed by atoms with Gasteiger partial charge in [-0.2, -0.15) is 0 Å². The van der Waals surface area contributed by atoms with Crippen LogP contribution in [0.2, 0.25) is 0 Å². The maximum Gasteiger partial charge on any atom is 0.413 e.